The summed E-state index contributed by atoms with van der Waals surface area (Å²) in [6.45, 7) is 25.7. The van der Waals surface area contributed by atoms with Gasteiger partial charge in [0.05, 0.1) is 45.6 Å². The van der Waals surface area contributed by atoms with E-state index < -0.39 is 0 Å². The molecule has 0 aliphatic heterocycles. The van der Waals surface area contributed by atoms with Crippen LogP contribution in [-0.4, -0.2) is 22.8 Å². The minimum atomic E-state index is 0. The molecule has 0 bridgehead atoms. The zero-order valence-electron chi connectivity index (χ0n) is 48.1. The van der Waals surface area contributed by atoms with E-state index in [1.165, 1.54) is 188 Å². The van der Waals surface area contributed by atoms with Gasteiger partial charge < -0.3 is 0 Å². The molecule has 77 heavy (non-hydrogen) atoms. The van der Waals surface area contributed by atoms with Gasteiger partial charge in [-0.15, -0.1) is 0 Å². The molecule has 2 fully saturated rings. The molecule has 0 radical (unpaired) electrons. The summed E-state index contributed by atoms with van der Waals surface area (Å²) in [6, 6.07) is 43.6. The number of aryl methyl sites for hydroxylation is 12. The summed E-state index contributed by atoms with van der Waals surface area (Å²) in [6.07, 6.45) is 18.0. The fourth-order valence-electron chi connectivity index (χ4n) is 12.4. The van der Waals surface area contributed by atoms with Crippen LogP contribution in [0.5, 0.6) is 0 Å². The maximum absolute atomic E-state index is 5.28. The average molecular weight is 1060 g/mol. The maximum Gasteiger partial charge on any atom is 0.0979 e. The predicted octanol–water partition coefficient (Wildman–Crippen LogP) is 20.6. The number of hydrogen-bond donors (Lipinski definition) is 0. The van der Waals surface area contributed by atoms with E-state index in [0.29, 0.717) is 0 Å². The first-order valence-electron chi connectivity index (χ1n) is 28.4. The Morgan fingerprint density at radius 2 is 0.416 bits per heavy atom. The molecular weight excluding hydrogens is 980 g/mol. The van der Waals surface area contributed by atoms with Crippen molar-refractivity contribution in [2.24, 2.45) is 20.0 Å². The molecule has 0 saturated heterocycles. The van der Waals surface area contributed by atoms with Crippen LogP contribution in [0.2, 0.25) is 0 Å². The monoisotopic (exact) mass is 1060 g/mol. The molecule has 0 spiro atoms. The molecule has 0 atom stereocenters. The molecule has 0 aromatic heterocycles. The van der Waals surface area contributed by atoms with Crippen molar-refractivity contribution in [3.63, 3.8) is 0 Å². The van der Waals surface area contributed by atoms with E-state index >= 15 is 0 Å². The molecule has 0 N–H and O–H groups in total. The van der Waals surface area contributed by atoms with E-state index in [2.05, 4.69) is 204 Å². The smallest absolute Gasteiger partial charge is 0.0979 e. The fraction of sp³-hybridized carbons (Fsp3) is 0.333. The third kappa shape index (κ3) is 12.7. The normalized spacial score (nSPS) is 16.5. The van der Waals surface area contributed by atoms with Crippen LogP contribution in [0.1, 0.15) is 166 Å². The second kappa shape index (κ2) is 25.3. The van der Waals surface area contributed by atoms with Gasteiger partial charge >= 0.3 is 0 Å². The zero-order chi connectivity index (χ0) is 53.6. The number of nitrogens with zero attached hydrogens (tertiary/aromatic N) is 4. The molecule has 8 aromatic rings. The van der Waals surface area contributed by atoms with Crippen LogP contribution in [0.3, 0.4) is 0 Å². The quantitative estimate of drug-likeness (QED) is 0.158. The van der Waals surface area contributed by atoms with Gasteiger partial charge in [-0.2, -0.15) is 0 Å². The molecular formula is C72H80N4Ni. The molecule has 2 saturated carbocycles. The Labute approximate surface area is 471 Å². The van der Waals surface area contributed by atoms with Gasteiger partial charge in [0.15, 0.2) is 0 Å². The largest absolute Gasteiger partial charge is 0.246 e. The summed E-state index contributed by atoms with van der Waals surface area (Å²) >= 11 is 0. The third-order valence-electron chi connectivity index (χ3n) is 15.7. The van der Waals surface area contributed by atoms with E-state index in [4.69, 9.17) is 20.0 Å². The first-order valence-corrected chi connectivity index (χ1v) is 28.4. The van der Waals surface area contributed by atoms with E-state index in [0.717, 1.165) is 45.6 Å². The summed E-state index contributed by atoms with van der Waals surface area (Å²) < 4.78 is 0. The molecule has 398 valence electrons. The summed E-state index contributed by atoms with van der Waals surface area (Å²) in [5.41, 5.74) is 27.3. The van der Waals surface area contributed by atoms with Gasteiger partial charge in [0.2, 0.25) is 0 Å². The molecule has 0 amide bonds. The van der Waals surface area contributed by atoms with Gasteiger partial charge in [0.1, 0.15) is 0 Å². The van der Waals surface area contributed by atoms with E-state index in [1.54, 1.807) is 0 Å². The zero-order valence-corrected chi connectivity index (χ0v) is 49.1. The molecule has 0 heterocycles. The number of aliphatic imine (C=N–C) groups is 4. The molecule has 0 unspecified atom stereocenters. The molecule has 8 aromatic carbocycles. The second-order valence-electron chi connectivity index (χ2n) is 22.5. The Kier molecular flexibility index (Phi) is 18.6. The minimum Gasteiger partial charge on any atom is -0.246 e. The van der Waals surface area contributed by atoms with Crippen LogP contribution in [0, 0.1) is 83.1 Å². The van der Waals surface area contributed by atoms with Crippen molar-refractivity contribution in [2.45, 2.75) is 160 Å². The van der Waals surface area contributed by atoms with Gasteiger partial charge in [-0.25, -0.2) is 20.0 Å². The van der Waals surface area contributed by atoms with E-state index in [1.807, 2.05) is 0 Å². The molecule has 4 nitrogen and oxygen atoms in total. The first-order chi connectivity index (χ1) is 36.7. The van der Waals surface area contributed by atoms with Gasteiger partial charge in [-0.3, -0.25) is 0 Å². The van der Waals surface area contributed by atoms with Crippen molar-refractivity contribution in [3.05, 3.63) is 210 Å². The predicted molar refractivity (Wildman–Crippen MR) is 331 cm³/mol. The topological polar surface area (TPSA) is 49.4 Å². The standard InChI is InChI=1S/2C30H28N2.2C6H12.Ni/c2*1-17-13-19(3)27(20(4)14-17)31-29-24-11-7-9-23-10-8-12-25(26(23)24)30(29)32-28-21(5)15-18(2)16-22(28)6;2*1-2-4-6-5-3-1;/h2*7-16H,1-6H3;2*1-6H2;. The average Bonchev–Trinajstić information content (AvgIpc) is 3.93. The van der Waals surface area contributed by atoms with Gasteiger partial charge in [0.25, 0.3) is 0 Å². The SMILES string of the molecule is C1CCCCC1.C1CCCCC1.Cc1cc(C)c(N=C2C(=Nc3c(C)cc(C)cc3C)c3cccc4cccc2c34)c(C)c1.Cc1cc(C)c(N=C2C(=Nc3c(C)cc(C)cc3C)c3cccc4cccc2c34)c(C)c1.[Ni]. The van der Waals surface area contributed by atoms with Crippen molar-refractivity contribution in [2.75, 3.05) is 0 Å². The van der Waals surface area contributed by atoms with Crippen molar-refractivity contribution in [1.29, 1.82) is 0 Å². The van der Waals surface area contributed by atoms with Gasteiger partial charge in [-0.05, 0) is 138 Å². The van der Waals surface area contributed by atoms with E-state index in [-0.39, 0.29) is 16.5 Å². The second-order valence-corrected chi connectivity index (χ2v) is 22.5. The Bertz CT molecular complexity index is 3040. The van der Waals surface area contributed by atoms with Crippen LogP contribution in [-0.2, 0) is 16.5 Å². The van der Waals surface area contributed by atoms with Crippen LogP contribution in [0.15, 0.2) is 141 Å². The van der Waals surface area contributed by atoms with Crippen molar-refractivity contribution < 1.29 is 16.5 Å². The Morgan fingerprint density at radius 1 is 0.247 bits per heavy atom. The van der Waals surface area contributed by atoms with Crippen molar-refractivity contribution in [1.82, 2.24) is 0 Å². The van der Waals surface area contributed by atoms with Gasteiger partial charge in [0, 0.05) is 49.5 Å². The maximum atomic E-state index is 5.28. The molecule has 4 aliphatic rings. The summed E-state index contributed by atoms with van der Waals surface area (Å²) in [4.78, 5) is 21.1. The summed E-state index contributed by atoms with van der Waals surface area (Å²) in [5, 5.41) is 4.95. The Morgan fingerprint density at radius 3 is 0.584 bits per heavy atom. The van der Waals surface area contributed by atoms with Gasteiger partial charge in [-0.1, -0.05) is 221 Å². The number of rotatable bonds is 4. The van der Waals surface area contributed by atoms with Crippen LogP contribution >= 0.6 is 0 Å². The van der Waals surface area contributed by atoms with Crippen LogP contribution < -0.4 is 0 Å². The summed E-state index contributed by atoms with van der Waals surface area (Å²) in [5.74, 6) is 0. The molecule has 12 rings (SSSR count). The number of hydrogen-bond acceptors (Lipinski definition) is 4. The van der Waals surface area contributed by atoms with Crippen molar-refractivity contribution >= 4 is 67.1 Å². The fourth-order valence-corrected chi connectivity index (χ4v) is 12.4. The summed E-state index contributed by atoms with van der Waals surface area (Å²) in [7, 11) is 0. The molecule has 5 heteroatoms. The molecule has 4 aliphatic carbocycles. The Hall–Kier alpha value is -6.55. The van der Waals surface area contributed by atoms with Crippen LogP contribution in [0.25, 0.3) is 21.5 Å². The van der Waals surface area contributed by atoms with E-state index in [9.17, 15) is 0 Å². The third-order valence-corrected chi connectivity index (χ3v) is 15.7. The number of benzene rings is 8. The Balaban J connectivity index is 0.000000165. The van der Waals surface area contributed by atoms with Crippen LogP contribution in [0.4, 0.5) is 22.7 Å². The van der Waals surface area contributed by atoms with Crippen molar-refractivity contribution in [3.8, 4) is 0 Å². The minimum absolute atomic E-state index is 0. The first kappa shape index (κ1) is 56.7.